The quantitative estimate of drug-likeness (QED) is 0.892. The van der Waals surface area contributed by atoms with Gasteiger partial charge in [-0.05, 0) is 50.8 Å². The number of benzene rings is 1. The molecule has 114 valence electrons. The van der Waals surface area contributed by atoms with Crippen LogP contribution in [0.5, 0.6) is 0 Å². The number of hydrogen-bond donors (Lipinski definition) is 2. The Morgan fingerprint density at radius 2 is 2.05 bits per heavy atom. The normalized spacial score (nSPS) is 27.6. The Labute approximate surface area is 124 Å². The van der Waals surface area contributed by atoms with E-state index < -0.39 is 5.91 Å². The van der Waals surface area contributed by atoms with Crippen molar-refractivity contribution in [3.8, 4) is 0 Å². The molecular formula is C16H22FN3O. The number of rotatable bonds is 4. The predicted octanol–water partition coefficient (Wildman–Crippen LogP) is 2.03. The predicted molar refractivity (Wildman–Crippen MR) is 80.9 cm³/mol. The van der Waals surface area contributed by atoms with Crippen LogP contribution in [-0.2, 0) is 0 Å². The second kappa shape index (κ2) is 5.64. The van der Waals surface area contributed by atoms with E-state index in [1.807, 2.05) is 6.92 Å². The smallest absolute Gasteiger partial charge is 0.248 e. The summed E-state index contributed by atoms with van der Waals surface area (Å²) >= 11 is 0. The third-order valence-corrected chi connectivity index (χ3v) is 4.77. The number of carbonyl (C=O) groups excluding carboxylic acids is 1. The molecular weight excluding hydrogens is 269 g/mol. The molecule has 0 saturated carbocycles. The number of amides is 1. The molecule has 2 aliphatic heterocycles. The topological polar surface area (TPSA) is 58.4 Å². The molecule has 2 heterocycles. The maximum Gasteiger partial charge on any atom is 0.248 e. The van der Waals surface area contributed by atoms with Crippen LogP contribution in [-0.4, -0.2) is 30.6 Å². The lowest BCUT2D eigenvalue weighted by atomic mass is 9.97. The zero-order chi connectivity index (χ0) is 15.0. The van der Waals surface area contributed by atoms with Crippen LogP contribution >= 0.6 is 0 Å². The van der Waals surface area contributed by atoms with E-state index in [9.17, 15) is 9.18 Å². The van der Waals surface area contributed by atoms with Gasteiger partial charge in [-0.15, -0.1) is 0 Å². The van der Waals surface area contributed by atoms with Gasteiger partial charge in [0.05, 0.1) is 5.69 Å². The molecule has 0 radical (unpaired) electrons. The van der Waals surface area contributed by atoms with Gasteiger partial charge in [-0.2, -0.15) is 0 Å². The summed E-state index contributed by atoms with van der Waals surface area (Å²) in [7, 11) is 0. The van der Waals surface area contributed by atoms with Gasteiger partial charge in [-0.1, -0.05) is 0 Å². The minimum atomic E-state index is -0.594. The molecule has 4 nitrogen and oxygen atoms in total. The number of fused-ring (bicyclic) bond motifs is 2. The Balaban J connectivity index is 1.84. The van der Waals surface area contributed by atoms with Crippen molar-refractivity contribution in [1.29, 1.82) is 0 Å². The fourth-order valence-corrected chi connectivity index (χ4v) is 3.80. The first-order valence-electron chi connectivity index (χ1n) is 7.70. The maximum atomic E-state index is 14.3. The van der Waals surface area contributed by atoms with Gasteiger partial charge in [0.15, 0.2) is 0 Å². The van der Waals surface area contributed by atoms with E-state index in [2.05, 4.69) is 10.2 Å². The van der Waals surface area contributed by atoms with Crippen LogP contribution in [0.25, 0.3) is 0 Å². The highest BCUT2D eigenvalue weighted by Crippen LogP contribution is 2.33. The van der Waals surface area contributed by atoms with Crippen LogP contribution in [0, 0.1) is 5.82 Å². The molecule has 3 N–H and O–H groups in total. The van der Waals surface area contributed by atoms with Crippen LogP contribution in [0.15, 0.2) is 18.2 Å². The number of piperidine rings is 1. The van der Waals surface area contributed by atoms with Crippen LogP contribution < -0.4 is 16.0 Å². The average molecular weight is 291 g/mol. The van der Waals surface area contributed by atoms with Gasteiger partial charge >= 0.3 is 0 Å². The molecule has 1 aromatic rings. The fourth-order valence-electron chi connectivity index (χ4n) is 3.80. The second-order valence-corrected chi connectivity index (χ2v) is 6.08. The van der Waals surface area contributed by atoms with Crippen molar-refractivity contribution in [3.05, 3.63) is 29.6 Å². The van der Waals surface area contributed by atoms with Crippen molar-refractivity contribution in [1.82, 2.24) is 5.32 Å². The molecule has 2 fully saturated rings. The Bertz CT molecular complexity index is 536. The number of nitrogens with zero attached hydrogens (tertiary/aromatic N) is 1. The van der Waals surface area contributed by atoms with E-state index in [4.69, 9.17) is 5.73 Å². The molecule has 2 unspecified atom stereocenters. The summed E-state index contributed by atoms with van der Waals surface area (Å²) in [6.07, 6.45) is 4.56. The molecule has 2 bridgehead atoms. The van der Waals surface area contributed by atoms with Gasteiger partial charge in [0.25, 0.3) is 0 Å². The molecule has 2 aliphatic rings. The maximum absolute atomic E-state index is 14.3. The summed E-state index contributed by atoms with van der Waals surface area (Å²) in [6, 6.07) is 6.03. The summed E-state index contributed by atoms with van der Waals surface area (Å²) in [5, 5.41) is 3.61. The number of anilines is 1. The van der Waals surface area contributed by atoms with Crippen molar-refractivity contribution in [2.45, 2.75) is 50.7 Å². The number of hydrogen-bond acceptors (Lipinski definition) is 3. The zero-order valence-electron chi connectivity index (χ0n) is 12.3. The number of primary amides is 1. The van der Waals surface area contributed by atoms with Crippen LogP contribution in [0.1, 0.15) is 43.0 Å². The van der Waals surface area contributed by atoms with E-state index in [1.165, 1.54) is 18.9 Å². The minimum absolute atomic E-state index is 0.220. The van der Waals surface area contributed by atoms with E-state index in [1.54, 1.807) is 12.1 Å². The molecule has 1 amide bonds. The number of carbonyl (C=O) groups is 1. The molecule has 1 aromatic carbocycles. The van der Waals surface area contributed by atoms with Crippen molar-refractivity contribution in [3.63, 3.8) is 0 Å². The molecule has 2 atom stereocenters. The first-order chi connectivity index (χ1) is 10.1. The first kappa shape index (κ1) is 14.3. The van der Waals surface area contributed by atoms with E-state index in [0.29, 0.717) is 23.8 Å². The van der Waals surface area contributed by atoms with Gasteiger partial charge in [0.2, 0.25) is 5.91 Å². The van der Waals surface area contributed by atoms with Crippen molar-refractivity contribution in [2.75, 3.05) is 11.4 Å². The SMILES string of the molecule is CCN(c1ccc(C(N)=O)cc1F)C1CC2CCC(C1)N2. The number of nitrogens with two attached hydrogens (primary N) is 1. The van der Waals surface area contributed by atoms with E-state index in [0.717, 1.165) is 19.4 Å². The highest BCUT2D eigenvalue weighted by Gasteiger charge is 2.36. The lowest BCUT2D eigenvalue weighted by Gasteiger charge is -2.38. The molecule has 0 aromatic heterocycles. The number of nitrogens with one attached hydrogen (secondary N) is 1. The Kier molecular flexibility index (Phi) is 3.85. The lowest BCUT2D eigenvalue weighted by Crippen LogP contribution is -2.48. The van der Waals surface area contributed by atoms with Gasteiger partial charge in [-0.3, -0.25) is 4.79 Å². The average Bonchev–Trinajstić information content (AvgIpc) is 2.80. The van der Waals surface area contributed by atoms with Gasteiger partial charge in [0, 0.05) is 30.2 Å². The third-order valence-electron chi connectivity index (χ3n) is 4.77. The molecule has 21 heavy (non-hydrogen) atoms. The van der Waals surface area contributed by atoms with Crippen molar-refractivity contribution < 1.29 is 9.18 Å². The Morgan fingerprint density at radius 1 is 1.38 bits per heavy atom. The van der Waals surface area contributed by atoms with Gasteiger partial charge in [0.1, 0.15) is 5.82 Å². The monoisotopic (exact) mass is 291 g/mol. The number of halogens is 1. The van der Waals surface area contributed by atoms with Gasteiger partial charge < -0.3 is 16.0 Å². The van der Waals surface area contributed by atoms with Crippen LogP contribution in [0.3, 0.4) is 0 Å². The molecule has 0 aliphatic carbocycles. The second-order valence-electron chi connectivity index (χ2n) is 6.08. The fraction of sp³-hybridized carbons (Fsp3) is 0.562. The highest BCUT2D eigenvalue weighted by molar-refractivity contribution is 5.93. The van der Waals surface area contributed by atoms with E-state index >= 15 is 0 Å². The molecule has 5 heteroatoms. The molecule has 0 spiro atoms. The van der Waals surface area contributed by atoms with Crippen LogP contribution in [0.4, 0.5) is 10.1 Å². The molecule has 3 rings (SSSR count). The summed E-state index contributed by atoms with van der Waals surface area (Å²) < 4.78 is 14.3. The summed E-state index contributed by atoms with van der Waals surface area (Å²) in [5.74, 6) is -0.956. The molecule has 2 saturated heterocycles. The first-order valence-corrected chi connectivity index (χ1v) is 7.70. The van der Waals surface area contributed by atoms with E-state index in [-0.39, 0.29) is 11.4 Å². The van der Waals surface area contributed by atoms with Crippen molar-refractivity contribution in [2.24, 2.45) is 5.73 Å². The zero-order valence-corrected chi connectivity index (χ0v) is 12.3. The lowest BCUT2D eigenvalue weighted by molar-refractivity contribution is 0.1000. The largest absolute Gasteiger partial charge is 0.366 e. The minimum Gasteiger partial charge on any atom is -0.366 e. The summed E-state index contributed by atoms with van der Waals surface area (Å²) in [6.45, 7) is 2.81. The van der Waals surface area contributed by atoms with Gasteiger partial charge in [-0.25, -0.2) is 4.39 Å². The standard InChI is InChI=1S/C16H22FN3O/c1-2-20(13-8-11-4-5-12(9-13)19-11)15-6-3-10(16(18)21)7-14(15)17/h3,6-7,11-13,19H,2,4-5,8-9H2,1H3,(H2,18,21). The highest BCUT2D eigenvalue weighted by atomic mass is 19.1. The summed E-state index contributed by atoms with van der Waals surface area (Å²) in [4.78, 5) is 13.3. The Morgan fingerprint density at radius 3 is 2.57 bits per heavy atom. The summed E-state index contributed by atoms with van der Waals surface area (Å²) in [5.41, 5.74) is 6.00. The van der Waals surface area contributed by atoms with Crippen LogP contribution in [0.2, 0.25) is 0 Å². The third kappa shape index (κ3) is 2.75. The Hall–Kier alpha value is -1.62. The van der Waals surface area contributed by atoms with Crippen molar-refractivity contribution >= 4 is 11.6 Å².